The molecule has 8 rings (SSSR count). The van der Waals surface area contributed by atoms with E-state index < -0.39 is 23.3 Å². The molecule has 10 nitrogen and oxygen atoms in total. The van der Waals surface area contributed by atoms with E-state index in [0.717, 1.165) is 64.3 Å². The molecule has 4 aromatic heterocycles. The van der Waals surface area contributed by atoms with Gasteiger partial charge in [0.05, 0.1) is 12.7 Å². The number of aromatic nitrogens is 8. The Morgan fingerprint density at radius 1 is 0.667 bits per heavy atom. The van der Waals surface area contributed by atoms with Crippen molar-refractivity contribution in [3.05, 3.63) is 83.4 Å². The number of hydrogen-bond donors (Lipinski definition) is 2. The predicted molar refractivity (Wildman–Crippen MR) is 192 cm³/mol. The van der Waals surface area contributed by atoms with Crippen molar-refractivity contribution in [3.63, 3.8) is 0 Å². The highest BCUT2D eigenvalue weighted by molar-refractivity contribution is 7.99. The van der Waals surface area contributed by atoms with E-state index in [9.17, 15) is 17.6 Å². The summed E-state index contributed by atoms with van der Waals surface area (Å²) < 4.78 is 57.0. The molecule has 0 bridgehead atoms. The number of nitrogens with zero attached hydrogens (tertiary/aromatic N) is 8. The Morgan fingerprint density at radius 2 is 1.16 bits per heavy atom. The molecule has 0 spiro atoms. The highest BCUT2D eigenvalue weighted by Gasteiger charge is 2.40. The molecule has 0 unspecified atom stereocenters. The van der Waals surface area contributed by atoms with Gasteiger partial charge in [-0.2, -0.15) is 0 Å². The fourth-order valence-corrected chi connectivity index (χ4v) is 7.14. The Labute approximate surface area is 300 Å². The number of aryl methyl sites for hydroxylation is 2. The summed E-state index contributed by atoms with van der Waals surface area (Å²) in [4.78, 5) is 27.2. The second-order valence-corrected chi connectivity index (χ2v) is 14.8. The van der Waals surface area contributed by atoms with Crippen molar-refractivity contribution in [2.75, 3.05) is 22.1 Å². The van der Waals surface area contributed by atoms with E-state index in [2.05, 4.69) is 54.4 Å². The topological polar surface area (TPSA) is 111 Å². The number of thioether (sulfide) groups is 2. The quantitative estimate of drug-likeness (QED) is 0.0773. The molecule has 2 aliphatic carbocycles. The van der Waals surface area contributed by atoms with Gasteiger partial charge in [-0.1, -0.05) is 49.5 Å². The second-order valence-electron chi connectivity index (χ2n) is 12.3. The molecule has 0 amide bonds. The summed E-state index contributed by atoms with van der Waals surface area (Å²) in [5.74, 6) is 0.195. The Balaban J connectivity index is 0.000000159. The van der Waals surface area contributed by atoms with E-state index in [0.29, 0.717) is 21.9 Å². The summed E-state index contributed by atoms with van der Waals surface area (Å²) in [6.45, 7) is 6.93. The van der Waals surface area contributed by atoms with Gasteiger partial charge >= 0.3 is 0 Å². The first-order valence-corrected chi connectivity index (χ1v) is 18.7. The first-order valence-electron chi connectivity index (χ1n) is 16.8. The highest BCUT2D eigenvalue weighted by atomic mass is 32.2. The van der Waals surface area contributed by atoms with Gasteiger partial charge in [0.2, 0.25) is 0 Å². The van der Waals surface area contributed by atoms with Gasteiger partial charge in [-0.3, -0.25) is 0 Å². The van der Waals surface area contributed by atoms with E-state index in [1.165, 1.54) is 24.3 Å². The number of imidazole rings is 2. The van der Waals surface area contributed by atoms with Gasteiger partial charge in [0.25, 0.3) is 0 Å². The van der Waals surface area contributed by atoms with E-state index in [4.69, 9.17) is 0 Å². The molecule has 4 atom stereocenters. The summed E-state index contributed by atoms with van der Waals surface area (Å²) >= 11 is 3.15. The molecule has 6 aromatic rings. The molecule has 2 saturated carbocycles. The number of halogens is 4. The SMILES string of the molecule is CCSc1nc(N[C@@H]2C[C@H]2c2ccc(F)c(F)c2)c2ncn(C)c2n1.CCSc1nc(N[C@@H]2C[C@H]2c2ccc(F)c(F)c2)c2ncn(CC)c2n1. The van der Waals surface area contributed by atoms with Crippen molar-refractivity contribution >= 4 is 57.5 Å². The molecular weight excluding hydrogens is 701 g/mol. The average molecular weight is 737 g/mol. The van der Waals surface area contributed by atoms with Crippen molar-refractivity contribution in [2.24, 2.45) is 7.05 Å². The van der Waals surface area contributed by atoms with Crippen LogP contribution in [0, 0.1) is 23.3 Å². The zero-order chi connectivity index (χ0) is 35.8. The third kappa shape index (κ3) is 7.47. The summed E-state index contributed by atoms with van der Waals surface area (Å²) in [5.41, 5.74) is 4.64. The number of benzene rings is 2. The lowest BCUT2D eigenvalue weighted by molar-refractivity contribution is 0.507. The molecular formula is C35H36F4N10S2. The zero-order valence-corrected chi connectivity index (χ0v) is 30.0. The minimum Gasteiger partial charge on any atom is -0.365 e. The van der Waals surface area contributed by atoms with Crippen LogP contribution in [-0.2, 0) is 13.6 Å². The van der Waals surface area contributed by atoms with Crippen LogP contribution < -0.4 is 10.6 Å². The van der Waals surface area contributed by atoms with Crippen molar-refractivity contribution < 1.29 is 17.6 Å². The Kier molecular flexibility index (Phi) is 10.1. The first-order chi connectivity index (χ1) is 24.7. The van der Waals surface area contributed by atoms with Gasteiger partial charge < -0.3 is 19.8 Å². The smallest absolute Gasteiger partial charge is 0.191 e. The Bertz CT molecular complexity index is 2210. The fourth-order valence-electron chi connectivity index (χ4n) is 6.01. The molecule has 2 aromatic carbocycles. The van der Waals surface area contributed by atoms with Crippen molar-refractivity contribution in [1.82, 2.24) is 39.0 Å². The van der Waals surface area contributed by atoms with Crippen LogP contribution >= 0.6 is 23.5 Å². The maximum absolute atomic E-state index is 13.5. The molecule has 2 aliphatic rings. The van der Waals surface area contributed by atoms with E-state index in [1.807, 2.05) is 23.1 Å². The van der Waals surface area contributed by atoms with Crippen molar-refractivity contribution in [2.45, 2.75) is 74.4 Å². The largest absolute Gasteiger partial charge is 0.365 e. The summed E-state index contributed by atoms with van der Waals surface area (Å²) in [6, 6.07) is 8.45. The summed E-state index contributed by atoms with van der Waals surface area (Å²) in [6.07, 6.45) is 5.18. The number of anilines is 2. The standard InChI is InChI=1S/C18H19F2N5S.C17H17F2N5S/c1-3-25-9-21-15-16(23-18(26-4-2)24-17(15)25)22-14-8-11(14)10-5-6-12(19)13(20)7-10;1-3-25-17-22-15(14-16(23-17)24(2)8-20-14)21-13-7-10(13)9-4-5-11(18)12(19)6-9/h5-7,9,11,14H,3-4,8H2,1-2H3,(H,22,23,24);4-6,8,10,13H,3,7H2,1-2H3,(H,21,22,23)/t11-,14+;10-,13+/m00/s1. The Hall–Kier alpha value is -4.44. The normalized spacial score (nSPS) is 19.2. The van der Waals surface area contributed by atoms with Crippen LogP contribution in [0.3, 0.4) is 0 Å². The third-order valence-corrected chi connectivity index (χ3v) is 10.3. The fraction of sp³-hybridized carbons (Fsp3) is 0.371. The number of rotatable bonds is 11. The van der Waals surface area contributed by atoms with E-state index in [-0.39, 0.29) is 23.9 Å². The van der Waals surface area contributed by atoms with E-state index in [1.54, 1.807) is 48.3 Å². The number of hydrogen-bond acceptors (Lipinski definition) is 10. The molecule has 2 fully saturated rings. The molecule has 0 aliphatic heterocycles. The van der Waals surface area contributed by atoms with Gasteiger partial charge in [-0.05, 0) is 66.7 Å². The lowest BCUT2D eigenvalue weighted by Crippen LogP contribution is -2.08. The average Bonchev–Trinajstić information content (AvgIpc) is 3.98. The van der Waals surface area contributed by atoms with Crippen LogP contribution in [-0.4, -0.2) is 62.6 Å². The third-order valence-electron chi connectivity index (χ3n) is 8.84. The van der Waals surface area contributed by atoms with Gasteiger partial charge in [0.1, 0.15) is 0 Å². The molecule has 0 radical (unpaired) electrons. The molecule has 2 N–H and O–H groups in total. The summed E-state index contributed by atoms with van der Waals surface area (Å²) in [7, 11) is 1.90. The highest BCUT2D eigenvalue weighted by Crippen LogP contribution is 2.45. The van der Waals surface area contributed by atoms with Crippen molar-refractivity contribution in [1.29, 1.82) is 0 Å². The maximum atomic E-state index is 13.5. The van der Waals surface area contributed by atoms with Gasteiger partial charge in [-0.25, -0.2) is 47.5 Å². The van der Waals surface area contributed by atoms with Gasteiger partial charge in [0, 0.05) is 37.5 Å². The van der Waals surface area contributed by atoms with Crippen LogP contribution in [0.4, 0.5) is 29.2 Å². The lowest BCUT2D eigenvalue weighted by atomic mass is 10.1. The van der Waals surface area contributed by atoms with Crippen LogP contribution in [0.5, 0.6) is 0 Å². The molecule has 4 heterocycles. The molecule has 0 saturated heterocycles. The van der Waals surface area contributed by atoms with Crippen LogP contribution in [0.1, 0.15) is 56.6 Å². The van der Waals surface area contributed by atoms with Crippen LogP contribution in [0.2, 0.25) is 0 Å². The first kappa shape index (κ1) is 35.0. The monoisotopic (exact) mass is 736 g/mol. The minimum atomic E-state index is -0.818. The molecule has 266 valence electrons. The van der Waals surface area contributed by atoms with Crippen molar-refractivity contribution in [3.8, 4) is 0 Å². The van der Waals surface area contributed by atoms with Gasteiger partial charge in [-0.15, -0.1) is 0 Å². The summed E-state index contributed by atoms with van der Waals surface area (Å²) in [5, 5.41) is 8.23. The number of fused-ring (bicyclic) bond motifs is 2. The predicted octanol–water partition coefficient (Wildman–Crippen LogP) is 7.93. The lowest BCUT2D eigenvalue weighted by Gasteiger charge is -2.09. The van der Waals surface area contributed by atoms with E-state index >= 15 is 0 Å². The Morgan fingerprint density at radius 3 is 1.65 bits per heavy atom. The molecule has 51 heavy (non-hydrogen) atoms. The zero-order valence-electron chi connectivity index (χ0n) is 28.4. The second kappa shape index (κ2) is 14.7. The molecule has 16 heteroatoms. The van der Waals surface area contributed by atoms with Crippen LogP contribution in [0.15, 0.2) is 59.4 Å². The maximum Gasteiger partial charge on any atom is 0.191 e. The number of nitrogens with one attached hydrogen (secondary N) is 2. The van der Waals surface area contributed by atoms with Crippen LogP contribution in [0.25, 0.3) is 22.3 Å². The van der Waals surface area contributed by atoms with Gasteiger partial charge in [0.15, 0.2) is 67.5 Å². The minimum absolute atomic E-state index is 0.129.